The van der Waals surface area contributed by atoms with Gasteiger partial charge in [0.1, 0.15) is 61.0 Å². The second-order valence-electron chi connectivity index (χ2n) is 8.73. The quantitative estimate of drug-likeness (QED) is 0.134. The van der Waals surface area contributed by atoms with E-state index in [9.17, 15) is 66.4 Å². The SMILES string of the molecule is OCC1O[C@@H](O[C@H]2C(O)C(O)[C@H](O[C@]3(O)C(CO)O[C@@H](O)C(O)[C@@H]3O)O[C@]2(O)CO)C(O)[C@H](O)[C@H]1O. The van der Waals surface area contributed by atoms with Crippen LogP contribution in [0.5, 0.6) is 0 Å². The summed E-state index contributed by atoms with van der Waals surface area (Å²) in [5.74, 6) is -6.09. The molecular formula is C18H32O18. The third-order valence-corrected chi connectivity index (χ3v) is 6.33. The van der Waals surface area contributed by atoms with Crippen LogP contribution in [0.1, 0.15) is 0 Å². The van der Waals surface area contributed by atoms with Gasteiger partial charge >= 0.3 is 0 Å². The molecule has 0 bridgehead atoms. The Hall–Kier alpha value is -0.720. The van der Waals surface area contributed by atoms with Crippen LogP contribution in [0.15, 0.2) is 0 Å². The molecule has 0 aromatic carbocycles. The fourth-order valence-corrected chi connectivity index (χ4v) is 4.12. The summed E-state index contributed by atoms with van der Waals surface area (Å²) >= 11 is 0. The van der Waals surface area contributed by atoms with Crippen LogP contribution in [-0.4, -0.2) is 178 Å². The van der Waals surface area contributed by atoms with E-state index < -0.39 is 111 Å². The third kappa shape index (κ3) is 5.12. The molecule has 0 saturated carbocycles. The van der Waals surface area contributed by atoms with Gasteiger partial charge in [0.2, 0.25) is 11.6 Å². The lowest BCUT2D eigenvalue weighted by molar-refractivity contribution is -0.473. The van der Waals surface area contributed by atoms with E-state index >= 15 is 0 Å². The Morgan fingerprint density at radius 3 is 1.83 bits per heavy atom. The number of ether oxygens (including phenoxy) is 5. The van der Waals surface area contributed by atoms with Gasteiger partial charge in [0.25, 0.3) is 0 Å². The molecule has 3 rings (SSSR count). The Morgan fingerprint density at radius 1 is 0.667 bits per heavy atom. The van der Waals surface area contributed by atoms with E-state index in [2.05, 4.69) is 0 Å². The van der Waals surface area contributed by atoms with Crippen molar-refractivity contribution in [3.8, 4) is 0 Å². The Balaban J connectivity index is 1.82. The van der Waals surface area contributed by atoms with Gasteiger partial charge in [-0.1, -0.05) is 0 Å². The van der Waals surface area contributed by atoms with Crippen molar-refractivity contribution in [3.63, 3.8) is 0 Å². The van der Waals surface area contributed by atoms with Crippen molar-refractivity contribution in [3.05, 3.63) is 0 Å². The first kappa shape index (κ1) is 29.8. The molecule has 0 aliphatic carbocycles. The van der Waals surface area contributed by atoms with E-state index in [1.807, 2.05) is 0 Å². The molecule has 0 aromatic heterocycles. The van der Waals surface area contributed by atoms with Crippen LogP contribution in [0.2, 0.25) is 0 Å². The second kappa shape index (κ2) is 11.2. The van der Waals surface area contributed by atoms with Gasteiger partial charge in [-0.3, -0.25) is 0 Å². The Kier molecular flexibility index (Phi) is 9.26. The molecule has 0 spiro atoms. The highest BCUT2D eigenvalue weighted by molar-refractivity contribution is 5.00. The number of aliphatic hydroxyl groups excluding tert-OH is 11. The van der Waals surface area contributed by atoms with E-state index in [4.69, 9.17) is 23.7 Å². The molecule has 15 atom stereocenters. The molecule has 3 heterocycles. The third-order valence-electron chi connectivity index (χ3n) is 6.33. The molecule has 3 aliphatic rings. The zero-order chi connectivity index (χ0) is 27.2. The van der Waals surface area contributed by atoms with E-state index in [0.29, 0.717) is 0 Å². The van der Waals surface area contributed by atoms with E-state index in [1.54, 1.807) is 0 Å². The van der Waals surface area contributed by atoms with Gasteiger partial charge < -0.3 is 90.1 Å². The minimum atomic E-state index is -3.10. The number of hydrogen-bond acceptors (Lipinski definition) is 18. The number of aliphatic hydroxyl groups is 13. The summed E-state index contributed by atoms with van der Waals surface area (Å²) in [7, 11) is 0. The largest absolute Gasteiger partial charge is 0.394 e. The molecule has 212 valence electrons. The van der Waals surface area contributed by atoms with Crippen LogP contribution < -0.4 is 0 Å². The van der Waals surface area contributed by atoms with Gasteiger partial charge in [-0.25, -0.2) is 0 Å². The molecule has 3 saturated heterocycles. The first-order valence-corrected chi connectivity index (χ1v) is 10.8. The summed E-state index contributed by atoms with van der Waals surface area (Å²) in [6.45, 7) is -3.33. The number of rotatable bonds is 7. The Morgan fingerprint density at radius 2 is 1.28 bits per heavy atom. The highest BCUT2D eigenvalue weighted by Gasteiger charge is 2.62. The summed E-state index contributed by atoms with van der Waals surface area (Å²) < 4.78 is 25.2. The predicted octanol–water partition coefficient (Wildman–Crippen LogP) is -8.93. The van der Waals surface area contributed by atoms with Crippen molar-refractivity contribution in [2.24, 2.45) is 0 Å². The lowest BCUT2D eigenvalue weighted by Gasteiger charge is -2.52. The summed E-state index contributed by atoms with van der Waals surface area (Å²) in [5.41, 5.74) is 0. The van der Waals surface area contributed by atoms with Crippen LogP contribution >= 0.6 is 0 Å². The highest BCUT2D eigenvalue weighted by atomic mass is 16.8. The molecule has 13 N–H and O–H groups in total. The van der Waals surface area contributed by atoms with Crippen molar-refractivity contribution in [1.82, 2.24) is 0 Å². The minimum absolute atomic E-state index is 0.840. The highest BCUT2D eigenvalue weighted by Crippen LogP contribution is 2.38. The second-order valence-corrected chi connectivity index (χ2v) is 8.73. The molecule has 0 aromatic rings. The van der Waals surface area contributed by atoms with Crippen LogP contribution in [-0.2, 0) is 23.7 Å². The van der Waals surface area contributed by atoms with Crippen molar-refractivity contribution >= 4 is 0 Å². The Bertz CT molecular complexity index is 724. The maximum atomic E-state index is 10.8. The lowest BCUT2D eigenvalue weighted by atomic mass is 9.93. The molecule has 3 fully saturated rings. The summed E-state index contributed by atoms with van der Waals surface area (Å²) in [4.78, 5) is 0. The summed E-state index contributed by atoms with van der Waals surface area (Å²) in [6.07, 6.45) is -26.7. The van der Waals surface area contributed by atoms with Gasteiger partial charge in [0.05, 0.1) is 19.8 Å². The first-order chi connectivity index (χ1) is 16.7. The average Bonchev–Trinajstić information content (AvgIpc) is 2.85. The topological polar surface area (TPSA) is 309 Å². The van der Waals surface area contributed by atoms with Crippen LogP contribution in [0.4, 0.5) is 0 Å². The van der Waals surface area contributed by atoms with Gasteiger partial charge in [-0.2, -0.15) is 0 Å². The van der Waals surface area contributed by atoms with Crippen LogP contribution in [0.3, 0.4) is 0 Å². The smallest absolute Gasteiger partial charge is 0.226 e. The first-order valence-electron chi connectivity index (χ1n) is 10.8. The average molecular weight is 536 g/mol. The van der Waals surface area contributed by atoms with Crippen molar-refractivity contribution in [1.29, 1.82) is 0 Å². The molecule has 18 heteroatoms. The molecule has 0 amide bonds. The normalized spacial score (nSPS) is 54.4. The van der Waals surface area contributed by atoms with Crippen LogP contribution in [0.25, 0.3) is 0 Å². The van der Waals surface area contributed by atoms with Crippen molar-refractivity contribution in [2.45, 2.75) is 91.5 Å². The molecule has 0 radical (unpaired) electrons. The van der Waals surface area contributed by atoms with Crippen LogP contribution in [0, 0.1) is 0 Å². The minimum Gasteiger partial charge on any atom is -0.394 e. The van der Waals surface area contributed by atoms with Gasteiger partial charge in [-0.15, -0.1) is 0 Å². The molecule has 3 aliphatic heterocycles. The molecule has 18 nitrogen and oxygen atoms in total. The maximum absolute atomic E-state index is 10.8. The molecule has 36 heavy (non-hydrogen) atoms. The van der Waals surface area contributed by atoms with Gasteiger partial charge in [0.15, 0.2) is 18.9 Å². The van der Waals surface area contributed by atoms with E-state index in [1.165, 1.54) is 0 Å². The van der Waals surface area contributed by atoms with Gasteiger partial charge in [0, 0.05) is 0 Å². The molecule has 6 unspecified atom stereocenters. The van der Waals surface area contributed by atoms with Crippen molar-refractivity contribution in [2.75, 3.05) is 19.8 Å². The van der Waals surface area contributed by atoms with E-state index in [0.717, 1.165) is 0 Å². The molecular weight excluding hydrogens is 504 g/mol. The summed E-state index contributed by atoms with van der Waals surface area (Å²) in [6, 6.07) is 0. The number of hydrogen-bond donors (Lipinski definition) is 13. The fraction of sp³-hybridized carbons (Fsp3) is 1.00. The fourth-order valence-electron chi connectivity index (χ4n) is 4.12. The zero-order valence-corrected chi connectivity index (χ0v) is 18.5. The Labute approximate surface area is 202 Å². The van der Waals surface area contributed by atoms with Gasteiger partial charge in [-0.05, 0) is 0 Å². The predicted molar refractivity (Wildman–Crippen MR) is 104 cm³/mol. The lowest BCUT2D eigenvalue weighted by Crippen LogP contribution is -2.73. The van der Waals surface area contributed by atoms with Crippen molar-refractivity contribution < 1.29 is 90.1 Å². The monoisotopic (exact) mass is 536 g/mol. The summed E-state index contributed by atoms with van der Waals surface area (Å²) in [5, 5.41) is 131. The maximum Gasteiger partial charge on any atom is 0.226 e. The zero-order valence-electron chi connectivity index (χ0n) is 18.5. The standard InChI is InChI=1S/C18H32O18/c19-1-4-6(22)7(23)9(25)15(32-4)34-13-8(24)10(26)16(35-17(13,30)3-21)36-18(31)5(2-20)33-14(29)11(27)12(18)28/h4-16,19-31H,1-3H2/t4?,5?,6-,7+,8?,9?,10?,11?,12-,13-,14+,15-,16-,17+,18+/m0/s1. The van der Waals surface area contributed by atoms with E-state index in [-0.39, 0.29) is 0 Å².